The van der Waals surface area contributed by atoms with Gasteiger partial charge in [-0.25, -0.2) is 8.78 Å². The number of amides is 3. The molecule has 4 N–H and O–H groups in total. The minimum atomic E-state index is -1.13. The van der Waals surface area contributed by atoms with E-state index in [1.165, 1.54) is 0 Å². The zero-order valence-corrected chi connectivity index (χ0v) is 19.3. The Bertz CT molecular complexity index is 792. The van der Waals surface area contributed by atoms with Gasteiger partial charge >= 0.3 is 0 Å². The van der Waals surface area contributed by atoms with E-state index >= 15 is 0 Å². The summed E-state index contributed by atoms with van der Waals surface area (Å²) in [6, 6.07) is 1.17. The SMILES string of the molecule is CCCCCCCC(=O)N[C@H](CC(N)=O)C(=O)NCCc1c(F)cc(OC2CCC2)cc1F. The molecule has 2 rings (SSSR count). The fourth-order valence-electron chi connectivity index (χ4n) is 3.57. The maximum atomic E-state index is 14.4. The number of halogens is 2. The molecule has 184 valence electrons. The van der Waals surface area contributed by atoms with Crippen LogP contribution in [0.4, 0.5) is 8.78 Å². The number of unbranched alkanes of at least 4 members (excludes halogenated alkanes) is 4. The van der Waals surface area contributed by atoms with Crippen molar-refractivity contribution in [2.45, 2.75) is 89.7 Å². The Kier molecular flexibility index (Phi) is 11.1. The first-order valence-electron chi connectivity index (χ1n) is 11.8. The van der Waals surface area contributed by atoms with Crippen LogP contribution in [0.1, 0.15) is 76.7 Å². The maximum absolute atomic E-state index is 14.4. The van der Waals surface area contributed by atoms with Gasteiger partial charge in [0.1, 0.15) is 23.4 Å². The molecule has 0 radical (unpaired) electrons. The van der Waals surface area contributed by atoms with E-state index in [-0.39, 0.29) is 49.1 Å². The lowest BCUT2D eigenvalue weighted by Crippen LogP contribution is -2.49. The lowest BCUT2D eigenvalue weighted by atomic mass is 9.96. The Labute approximate surface area is 193 Å². The van der Waals surface area contributed by atoms with Crippen LogP contribution in [0, 0.1) is 11.6 Å². The van der Waals surface area contributed by atoms with Crippen molar-refractivity contribution in [1.29, 1.82) is 0 Å². The van der Waals surface area contributed by atoms with Crippen LogP contribution in [0.25, 0.3) is 0 Å². The second-order valence-corrected chi connectivity index (χ2v) is 8.53. The number of nitrogens with one attached hydrogen (secondary N) is 2. The highest BCUT2D eigenvalue weighted by atomic mass is 19.1. The molecule has 1 aromatic carbocycles. The summed E-state index contributed by atoms with van der Waals surface area (Å²) in [5, 5.41) is 5.05. The van der Waals surface area contributed by atoms with Crippen LogP contribution >= 0.6 is 0 Å². The van der Waals surface area contributed by atoms with Gasteiger partial charge in [0.25, 0.3) is 0 Å². The zero-order valence-electron chi connectivity index (χ0n) is 19.3. The molecule has 1 aromatic rings. The summed E-state index contributed by atoms with van der Waals surface area (Å²) in [5.41, 5.74) is 5.04. The molecule has 0 heterocycles. The molecule has 0 spiro atoms. The van der Waals surface area contributed by atoms with Gasteiger partial charge in [-0.3, -0.25) is 14.4 Å². The van der Waals surface area contributed by atoms with Crippen LogP contribution in [-0.2, 0) is 20.8 Å². The second kappa shape index (κ2) is 13.7. The van der Waals surface area contributed by atoms with E-state index in [0.717, 1.165) is 57.1 Å². The van der Waals surface area contributed by atoms with E-state index in [2.05, 4.69) is 17.6 Å². The van der Waals surface area contributed by atoms with Crippen LogP contribution in [0.2, 0.25) is 0 Å². The number of hydrogen-bond acceptors (Lipinski definition) is 4. The molecule has 1 atom stereocenters. The van der Waals surface area contributed by atoms with E-state index in [4.69, 9.17) is 10.5 Å². The molecule has 9 heteroatoms. The van der Waals surface area contributed by atoms with Crippen molar-refractivity contribution in [3.8, 4) is 5.75 Å². The Morgan fingerprint density at radius 2 is 1.79 bits per heavy atom. The number of carbonyl (C=O) groups excluding carboxylic acids is 3. The van der Waals surface area contributed by atoms with Crippen molar-refractivity contribution in [1.82, 2.24) is 10.6 Å². The van der Waals surface area contributed by atoms with E-state index in [1.807, 2.05) is 0 Å². The van der Waals surface area contributed by atoms with E-state index in [1.54, 1.807) is 0 Å². The first-order valence-corrected chi connectivity index (χ1v) is 11.8. The smallest absolute Gasteiger partial charge is 0.243 e. The first-order chi connectivity index (χ1) is 15.8. The molecule has 3 amide bonds. The van der Waals surface area contributed by atoms with Gasteiger partial charge in [0.15, 0.2) is 0 Å². The highest BCUT2D eigenvalue weighted by Crippen LogP contribution is 2.27. The van der Waals surface area contributed by atoms with E-state index < -0.39 is 29.5 Å². The van der Waals surface area contributed by atoms with Gasteiger partial charge < -0.3 is 21.1 Å². The van der Waals surface area contributed by atoms with Crippen molar-refractivity contribution >= 4 is 17.7 Å². The van der Waals surface area contributed by atoms with Crippen molar-refractivity contribution in [2.75, 3.05) is 6.54 Å². The van der Waals surface area contributed by atoms with Crippen molar-refractivity contribution in [3.05, 3.63) is 29.3 Å². The Morgan fingerprint density at radius 1 is 1.12 bits per heavy atom. The monoisotopic (exact) mass is 467 g/mol. The number of primary amides is 1. The minimum Gasteiger partial charge on any atom is -0.490 e. The van der Waals surface area contributed by atoms with Gasteiger partial charge in [-0.2, -0.15) is 0 Å². The van der Waals surface area contributed by atoms with Gasteiger partial charge in [0.2, 0.25) is 17.7 Å². The quantitative estimate of drug-likeness (QED) is 0.344. The highest BCUT2D eigenvalue weighted by molar-refractivity contribution is 5.91. The van der Waals surface area contributed by atoms with Crippen molar-refractivity contribution < 1.29 is 27.9 Å². The fraction of sp³-hybridized carbons (Fsp3) is 0.625. The van der Waals surface area contributed by atoms with Gasteiger partial charge in [-0.15, -0.1) is 0 Å². The number of hydrogen-bond donors (Lipinski definition) is 3. The third kappa shape index (κ3) is 9.35. The highest BCUT2D eigenvalue weighted by Gasteiger charge is 2.23. The Hall–Kier alpha value is -2.71. The van der Waals surface area contributed by atoms with E-state index in [0.29, 0.717) is 6.42 Å². The summed E-state index contributed by atoms with van der Waals surface area (Å²) >= 11 is 0. The van der Waals surface area contributed by atoms with Gasteiger partial charge in [0, 0.05) is 30.7 Å². The Balaban J connectivity index is 1.83. The lowest BCUT2D eigenvalue weighted by Gasteiger charge is -2.26. The van der Waals surface area contributed by atoms with Crippen LogP contribution < -0.4 is 21.1 Å². The normalized spacial score (nSPS) is 14.3. The molecule has 0 bridgehead atoms. The maximum Gasteiger partial charge on any atom is 0.243 e. The third-order valence-corrected chi connectivity index (χ3v) is 5.71. The molecule has 0 aromatic heterocycles. The lowest BCUT2D eigenvalue weighted by molar-refractivity contribution is -0.131. The molecule has 1 aliphatic carbocycles. The van der Waals surface area contributed by atoms with Crippen LogP contribution in [0.3, 0.4) is 0 Å². The Morgan fingerprint density at radius 3 is 2.36 bits per heavy atom. The molecular weight excluding hydrogens is 432 g/mol. The fourth-order valence-corrected chi connectivity index (χ4v) is 3.57. The molecule has 0 saturated heterocycles. The summed E-state index contributed by atoms with van der Waals surface area (Å²) in [7, 11) is 0. The number of carbonyl (C=O) groups is 3. The molecule has 0 aliphatic heterocycles. The molecule has 1 fully saturated rings. The number of nitrogens with two attached hydrogens (primary N) is 1. The van der Waals surface area contributed by atoms with Gasteiger partial charge in [-0.1, -0.05) is 32.6 Å². The number of rotatable bonds is 15. The van der Waals surface area contributed by atoms with Crippen LogP contribution in [-0.4, -0.2) is 36.4 Å². The molecule has 0 unspecified atom stereocenters. The molecule has 7 nitrogen and oxygen atoms in total. The van der Waals surface area contributed by atoms with E-state index in [9.17, 15) is 23.2 Å². The summed E-state index contributed by atoms with van der Waals surface area (Å²) in [6.07, 6.45) is 7.43. The molecule has 1 aliphatic rings. The largest absolute Gasteiger partial charge is 0.490 e. The van der Waals surface area contributed by atoms with Crippen LogP contribution in [0.15, 0.2) is 12.1 Å². The van der Waals surface area contributed by atoms with Crippen molar-refractivity contribution in [3.63, 3.8) is 0 Å². The predicted molar refractivity (Wildman–Crippen MR) is 120 cm³/mol. The van der Waals surface area contributed by atoms with Crippen LogP contribution in [0.5, 0.6) is 5.75 Å². The molecular formula is C24H35F2N3O4. The minimum absolute atomic E-state index is 0.00248. The topological polar surface area (TPSA) is 111 Å². The van der Waals surface area contributed by atoms with Gasteiger partial charge in [-0.05, 0) is 32.1 Å². The zero-order chi connectivity index (χ0) is 24.2. The summed E-state index contributed by atoms with van der Waals surface area (Å²) in [5.74, 6) is -3.04. The molecule has 33 heavy (non-hydrogen) atoms. The summed E-state index contributed by atoms with van der Waals surface area (Å²) in [4.78, 5) is 35.9. The van der Waals surface area contributed by atoms with Crippen molar-refractivity contribution in [2.24, 2.45) is 5.73 Å². The standard InChI is InChI=1S/C24H35F2N3O4/c1-2-3-4-5-6-10-23(31)29-21(15-22(27)30)24(32)28-12-11-18-19(25)13-17(14-20(18)26)33-16-8-7-9-16/h13-14,16,21H,2-12,15H2,1H3,(H2,27,30)(H,28,32)(H,29,31)/t21-/m1/s1. The second-order valence-electron chi connectivity index (χ2n) is 8.53. The molecule has 1 saturated carbocycles. The van der Waals surface area contributed by atoms with Gasteiger partial charge in [0.05, 0.1) is 12.5 Å². The third-order valence-electron chi connectivity index (χ3n) is 5.71. The summed E-state index contributed by atoms with van der Waals surface area (Å²) in [6.45, 7) is 2.03. The predicted octanol–water partition coefficient (Wildman–Crippen LogP) is 3.28. The summed E-state index contributed by atoms with van der Waals surface area (Å²) < 4.78 is 34.2. The average Bonchev–Trinajstić information content (AvgIpc) is 2.71. The number of benzene rings is 1. The number of ether oxygens (including phenoxy) is 1. The first kappa shape index (κ1) is 26.5. The average molecular weight is 468 g/mol.